The number of carbonyl (C=O) groups excluding carboxylic acids is 1. The molecule has 1 heterocycles. The summed E-state index contributed by atoms with van der Waals surface area (Å²) in [5.41, 5.74) is -0.439. The Morgan fingerprint density at radius 1 is 1.40 bits per heavy atom. The van der Waals surface area contributed by atoms with Crippen molar-refractivity contribution in [2.45, 2.75) is 58.4 Å². The number of carbonyl (C=O) groups is 1. The van der Waals surface area contributed by atoms with E-state index in [0.717, 1.165) is 0 Å². The highest BCUT2D eigenvalue weighted by Gasteiger charge is 2.32. The molecule has 15 heavy (non-hydrogen) atoms. The van der Waals surface area contributed by atoms with Gasteiger partial charge in [-0.05, 0) is 34.6 Å². The molecule has 1 N–H and O–H groups in total. The van der Waals surface area contributed by atoms with Gasteiger partial charge in [0.25, 0.3) is 0 Å². The third kappa shape index (κ3) is 3.80. The molecule has 0 aliphatic carbocycles. The van der Waals surface area contributed by atoms with Gasteiger partial charge in [0.2, 0.25) is 0 Å². The fraction of sp³-hybridized carbons (Fsp3) is 0.909. The van der Waals surface area contributed by atoms with Gasteiger partial charge in [-0.3, -0.25) is 10.1 Å². The largest absolute Gasteiger partial charge is 0.459 e. The summed E-state index contributed by atoms with van der Waals surface area (Å²) in [6, 6.07) is -0.160. The lowest BCUT2D eigenvalue weighted by Crippen LogP contribution is -2.56. The lowest BCUT2D eigenvalue weighted by Gasteiger charge is -2.34. The third-order valence-electron chi connectivity index (χ3n) is 2.39. The molecule has 0 amide bonds. The van der Waals surface area contributed by atoms with Crippen molar-refractivity contribution in [2.24, 2.45) is 0 Å². The molecule has 3 unspecified atom stereocenters. The second-order valence-electron chi connectivity index (χ2n) is 5.08. The Hall–Kier alpha value is -0.610. The van der Waals surface area contributed by atoms with Crippen LogP contribution < -0.4 is 5.32 Å². The Morgan fingerprint density at radius 3 is 2.47 bits per heavy atom. The highest BCUT2D eigenvalue weighted by atomic mass is 16.6. The minimum atomic E-state index is -0.439. The van der Waals surface area contributed by atoms with Crippen molar-refractivity contribution in [2.75, 3.05) is 6.61 Å². The summed E-state index contributed by atoms with van der Waals surface area (Å²) < 4.78 is 10.8. The van der Waals surface area contributed by atoms with Crippen LogP contribution in [0.2, 0.25) is 0 Å². The standard InChI is InChI=1S/C11H21NO3/c1-7-8(2)14-6-9(12-7)10(13)15-11(3,4)5/h7-9,12H,6H2,1-5H3. The lowest BCUT2D eigenvalue weighted by molar-refractivity contribution is -0.162. The van der Waals surface area contributed by atoms with Gasteiger partial charge in [0.1, 0.15) is 11.6 Å². The second kappa shape index (κ2) is 4.49. The molecule has 0 aromatic rings. The molecule has 1 aliphatic rings. The maximum atomic E-state index is 11.7. The highest BCUT2D eigenvalue weighted by Crippen LogP contribution is 2.13. The summed E-state index contributed by atoms with van der Waals surface area (Å²) >= 11 is 0. The van der Waals surface area contributed by atoms with Gasteiger partial charge in [-0.2, -0.15) is 0 Å². The van der Waals surface area contributed by atoms with Crippen molar-refractivity contribution in [1.82, 2.24) is 5.32 Å². The molecular weight excluding hydrogens is 194 g/mol. The van der Waals surface area contributed by atoms with E-state index in [9.17, 15) is 4.79 Å². The van der Waals surface area contributed by atoms with Crippen LogP contribution in [-0.2, 0) is 14.3 Å². The van der Waals surface area contributed by atoms with E-state index in [0.29, 0.717) is 6.61 Å². The van der Waals surface area contributed by atoms with E-state index < -0.39 is 5.60 Å². The van der Waals surface area contributed by atoms with E-state index in [4.69, 9.17) is 9.47 Å². The predicted molar refractivity (Wildman–Crippen MR) is 57.6 cm³/mol. The molecule has 1 aliphatic heterocycles. The molecule has 0 aromatic carbocycles. The van der Waals surface area contributed by atoms with Crippen LogP contribution in [0.15, 0.2) is 0 Å². The van der Waals surface area contributed by atoms with E-state index in [2.05, 4.69) is 5.32 Å². The lowest BCUT2D eigenvalue weighted by atomic mass is 10.1. The summed E-state index contributed by atoms with van der Waals surface area (Å²) in [5.74, 6) is -0.235. The topological polar surface area (TPSA) is 47.6 Å². The summed E-state index contributed by atoms with van der Waals surface area (Å²) in [5, 5.41) is 3.19. The van der Waals surface area contributed by atoms with Crippen LogP contribution in [0.5, 0.6) is 0 Å². The molecule has 4 nitrogen and oxygen atoms in total. The number of hydrogen-bond donors (Lipinski definition) is 1. The van der Waals surface area contributed by atoms with Gasteiger partial charge in [-0.1, -0.05) is 0 Å². The first kappa shape index (κ1) is 12.5. The van der Waals surface area contributed by atoms with Crippen molar-refractivity contribution in [1.29, 1.82) is 0 Å². The van der Waals surface area contributed by atoms with E-state index in [1.165, 1.54) is 0 Å². The van der Waals surface area contributed by atoms with E-state index in [1.807, 2.05) is 34.6 Å². The molecule has 1 rings (SSSR count). The van der Waals surface area contributed by atoms with Crippen molar-refractivity contribution in [3.8, 4) is 0 Å². The van der Waals surface area contributed by atoms with Crippen LogP contribution in [-0.4, -0.2) is 36.4 Å². The van der Waals surface area contributed by atoms with Gasteiger partial charge in [0.05, 0.1) is 12.7 Å². The molecule has 0 radical (unpaired) electrons. The average Bonchev–Trinajstić information content (AvgIpc) is 2.06. The first-order chi connectivity index (χ1) is 6.79. The van der Waals surface area contributed by atoms with Crippen LogP contribution in [0.25, 0.3) is 0 Å². The van der Waals surface area contributed by atoms with E-state index in [1.54, 1.807) is 0 Å². The molecule has 4 heteroatoms. The third-order valence-corrected chi connectivity index (χ3v) is 2.39. The average molecular weight is 215 g/mol. The zero-order chi connectivity index (χ0) is 11.6. The monoisotopic (exact) mass is 215 g/mol. The molecule has 88 valence electrons. The van der Waals surface area contributed by atoms with E-state index in [-0.39, 0.29) is 24.2 Å². The number of morpholine rings is 1. The van der Waals surface area contributed by atoms with Crippen LogP contribution in [0.3, 0.4) is 0 Å². The van der Waals surface area contributed by atoms with Crippen LogP contribution >= 0.6 is 0 Å². The Morgan fingerprint density at radius 2 is 2.00 bits per heavy atom. The highest BCUT2D eigenvalue weighted by molar-refractivity contribution is 5.76. The van der Waals surface area contributed by atoms with Crippen molar-refractivity contribution in [3.63, 3.8) is 0 Å². The van der Waals surface area contributed by atoms with Crippen LogP contribution in [0, 0.1) is 0 Å². The summed E-state index contributed by atoms with van der Waals surface area (Å²) in [4.78, 5) is 11.7. The van der Waals surface area contributed by atoms with E-state index >= 15 is 0 Å². The molecule has 3 atom stereocenters. The fourth-order valence-corrected chi connectivity index (χ4v) is 1.40. The zero-order valence-electron chi connectivity index (χ0n) is 10.2. The summed E-state index contributed by atoms with van der Waals surface area (Å²) in [6.45, 7) is 9.96. The molecular formula is C11H21NO3. The smallest absolute Gasteiger partial charge is 0.326 e. The molecule has 0 saturated carbocycles. The summed E-state index contributed by atoms with van der Waals surface area (Å²) in [6.07, 6.45) is 0.142. The van der Waals surface area contributed by atoms with Gasteiger partial charge in [0, 0.05) is 6.04 Å². The van der Waals surface area contributed by atoms with Crippen molar-refractivity contribution in [3.05, 3.63) is 0 Å². The first-order valence-electron chi connectivity index (χ1n) is 5.40. The maximum Gasteiger partial charge on any atom is 0.326 e. The van der Waals surface area contributed by atoms with Gasteiger partial charge in [0.15, 0.2) is 0 Å². The quantitative estimate of drug-likeness (QED) is 0.665. The molecule has 0 spiro atoms. The van der Waals surface area contributed by atoms with Crippen molar-refractivity contribution >= 4 is 5.97 Å². The van der Waals surface area contributed by atoms with Crippen molar-refractivity contribution < 1.29 is 14.3 Å². The Bertz CT molecular complexity index is 234. The first-order valence-corrected chi connectivity index (χ1v) is 5.40. The van der Waals surface area contributed by atoms with Gasteiger partial charge >= 0.3 is 5.97 Å². The number of nitrogens with one attached hydrogen (secondary N) is 1. The van der Waals surface area contributed by atoms with Crippen LogP contribution in [0.4, 0.5) is 0 Å². The Balaban J connectivity index is 2.48. The minimum Gasteiger partial charge on any atom is -0.459 e. The van der Waals surface area contributed by atoms with Gasteiger partial charge in [-0.15, -0.1) is 0 Å². The number of rotatable bonds is 1. The second-order valence-corrected chi connectivity index (χ2v) is 5.08. The molecule has 1 fully saturated rings. The predicted octanol–water partition coefficient (Wildman–Crippen LogP) is 1.09. The zero-order valence-corrected chi connectivity index (χ0v) is 10.2. The number of ether oxygens (including phenoxy) is 2. The normalized spacial score (nSPS) is 32.5. The molecule has 1 saturated heterocycles. The Labute approximate surface area is 91.3 Å². The maximum absolute atomic E-state index is 11.7. The number of esters is 1. The SMILES string of the molecule is CC1NC(C(=O)OC(C)(C)C)COC1C. The number of hydrogen-bond acceptors (Lipinski definition) is 4. The Kier molecular flexibility index (Phi) is 3.73. The van der Waals surface area contributed by atoms with Gasteiger partial charge < -0.3 is 9.47 Å². The minimum absolute atomic E-state index is 0.142. The fourth-order valence-electron chi connectivity index (χ4n) is 1.40. The van der Waals surface area contributed by atoms with Gasteiger partial charge in [-0.25, -0.2) is 0 Å². The molecule has 0 aromatic heterocycles. The molecule has 0 bridgehead atoms. The summed E-state index contributed by atoms with van der Waals surface area (Å²) in [7, 11) is 0. The van der Waals surface area contributed by atoms with Crippen LogP contribution in [0.1, 0.15) is 34.6 Å².